The molecule has 0 N–H and O–H groups in total. The molecule has 0 heterocycles. The average Bonchev–Trinajstić information content (AvgIpc) is 2.26. The molecule has 112 valence electrons. The molecule has 0 aliphatic rings. The number of alkyl halides is 5. The molecule has 0 bridgehead atoms. The van der Waals surface area contributed by atoms with Gasteiger partial charge in [-0.25, -0.2) is 4.79 Å². The fraction of sp³-hybridized carbons (Fsp3) is 0.364. The minimum Gasteiger partial charge on any atom is -0.462 e. The lowest BCUT2D eigenvalue weighted by atomic mass is 10.2. The molecular weight excluding hydrogens is 291 g/mol. The van der Waals surface area contributed by atoms with Crippen LogP contribution in [0.4, 0.5) is 22.0 Å². The van der Waals surface area contributed by atoms with E-state index in [4.69, 9.17) is 0 Å². The van der Waals surface area contributed by atoms with E-state index < -0.39 is 36.0 Å². The number of carbonyl (C=O) groups excluding carboxylic acids is 1. The van der Waals surface area contributed by atoms with Gasteiger partial charge >= 0.3 is 18.9 Å². The average molecular weight is 300 g/mol. The van der Waals surface area contributed by atoms with E-state index in [-0.39, 0.29) is 6.61 Å². The van der Waals surface area contributed by atoms with Crippen LogP contribution in [0.1, 0.15) is 17.3 Å². The predicted molar refractivity (Wildman–Crippen MR) is 55.7 cm³/mol. The van der Waals surface area contributed by atoms with Gasteiger partial charge in [0, 0.05) is 0 Å². The normalized spacial score (nSPS) is 11.3. The maximum absolute atomic E-state index is 12.2. The van der Waals surface area contributed by atoms with E-state index in [2.05, 4.69) is 14.2 Å². The molecule has 0 saturated carbocycles. The maximum atomic E-state index is 12.2. The summed E-state index contributed by atoms with van der Waals surface area (Å²) in [4.78, 5) is 11.6. The third-order valence-electron chi connectivity index (χ3n) is 1.91. The number of carbonyl (C=O) groups is 1. The zero-order valence-corrected chi connectivity index (χ0v) is 10.0. The molecule has 0 unspecified atom stereocenters. The molecule has 20 heavy (non-hydrogen) atoms. The second kappa shape index (κ2) is 6.40. The highest BCUT2D eigenvalue weighted by Gasteiger charge is 2.34. The van der Waals surface area contributed by atoms with Crippen LogP contribution in [0.25, 0.3) is 0 Å². The molecule has 0 amide bonds. The predicted octanol–water partition coefficient (Wildman–Crippen LogP) is 3.36. The molecule has 4 nitrogen and oxygen atoms in total. The number of esters is 1. The Hall–Kier alpha value is -2.06. The lowest BCUT2D eigenvalue weighted by molar-refractivity contribution is -0.274. The quantitative estimate of drug-likeness (QED) is 0.618. The molecule has 0 aliphatic carbocycles. The van der Waals surface area contributed by atoms with Gasteiger partial charge in [-0.15, -0.1) is 13.2 Å². The Kier molecular flexibility index (Phi) is 5.12. The molecule has 0 radical (unpaired) electrons. The summed E-state index contributed by atoms with van der Waals surface area (Å²) in [7, 11) is 0. The van der Waals surface area contributed by atoms with E-state index >= 15 is 0 Å². The fourth-order valence-electron chi connectivity index (χ4n) is 1.32. The first-order valence-corrected chi connectivity index (χ1v) is 5.25. The van der Waals surface area contributed by atoms with Gasteiger partial charge in [0.25, 0.3) is 0 Å². The lowest BCUT2D eigenvalue weighted by Crippen LogP contribution is -2.20. The zero-order chi connectivity index (χ0) is 15.3. The van der Waals surface area contributed by atoms with Crippen LogP contribution in [0.15, 0.2) is 18.2 Å². The van der Waals surface area contributed by atoms with Crippen LogP contribution in [0.2, 0.25) is 0 Å². The highest BCUT2D eigenvalue weighted by Crippen LogP contribution is 2.33. The Morgan fingerprint density at radius 3 is 2.35 bits per heavy atom. The summed E-state index contributed by atoms with van der Waals surface area (Å²) in [5, 5.41) is 0. The Morgan fingerprint density at radius 1 is 1.25 bits per heavy atom. The van der Waals surface area contributed by atoms with Crippen molar-refractivity contribution in [1.82, 2.24) is 0 Å². The van der Waals surface area contributed by atoms with Gasteiger partial charge < -0.3 is 14.2 Å². The van der Waals surface area contributed by atoms with Crippen LogP contribution in [0, 0.1) is 0 Å². The van der Waals surface area contributed by atoms with Crippen molar-refractivity contribution in [3.05, 3.63) is 23.8 Å². The van der Waals surface area contributed by atoms with Gasteiger partial charge in [-0.1, -0.05) is 6.07 Å². The number of benzene rings is 1. The Morgan fingerprint density at radius 2 is 1.85 bits per heavy atom. The first-order valence-electron chi connectivity index (χ1n) is 5.25. The van der Waals surface area contributed by atoms with Crippen LogP contribution in [0.3, 0.4) is 0 Å². The highest BCUT2D eigenvalue weighted by molar-refractivity contribution is 5.95. The maximum Gasteiger partial charge on any atom is 0.573 e. The molecule has 1 aromatic rings. The zero-order valence-electron chi connectivity index (χ0n) is 10.0. The van der Waals surface area contributed by atoms with Crippen molar-refractivity contribution < 1.29 is 41.0 Å². The van der Waals surface area contributed by atoms with E-state index in [1.807, 2.05) is 0 Å². The molecule has 0 aliphatic heterocycles. The van der Waals surface area contributed by atoms with Gasteiger partial charge in [-0.2, -0.15) is 8.78 Å². The minimum atomic E-state index is -5.09. The topological polar surface area (TPSA) is 44.8 Å². The molecular formula is C11H9F5O4. The van der Waals surface area contributed by atoms with Crippen LogP contribution in [0.5, 0.6) is 11.5 Å². The Bertz CT molecular complexity index is 472. The summed E-state index contributed by atoms with van der Waals surface area (Å²) in [6.45, 7) is -2.07. The SMILES string of the molecule is CCOC(=O)c1c(OC(F)F)cccc1OC(F)(F)F. The third-order valence-corrected chi connectivity index (χ3v) is 1.91. The largest absolute Gasteiger partial charge is 0.573 e. The first kappa shape index (κ1) is 16.0. The van der Waals surface area contributed by atoms with Crippen molar-refractivity contribution in [1.29, 1.82) is 0 Å². The summed E-state index contributed by atoms with van der Waals surface area (Å²) in [6.07, 6.45) is -5.09. The number of ether oxygens (including phenoxy) is 3. The number of rotatable bonds is 5. The second-order valence-electron chi connectivity index (χ2n) is 3.28. The van der Waals surface area contributed by atoms with Gasteiger partial charge in [-0.05, 0) is 19.1 Å². The first-order chi connectivity index (χ1) is 9.24. The van der Waals surface area contributed by atoms with Crippen molar-refractivity contribution in [2.24, 2.45) is 0 Å². The van der Waals surface area contributed by atoms with E-state index in [0.29, 0.717) is 0 Å². The van der Waals surface area contributed by atoms with Gasteiger partial charge in [0.1, 0.15) is 17.1 Å². The van der Waals surface area contributed by atoms with Gasteiger partial charge in [0.05, 0.1) is 6.61 Å². The molecule has 0 aromatic heterocycles. The van der Waals surface area contributed by atoms with Crippen LogP contribution in [-0.4, -0.2) is 25.6 Å². The number of hydrogen-bond donors (Lipinski definition) is 0. The molecule has 1 aromatic carbocycles. The van der Waals surface area contributed by atoms with Gasteiger partial charge in [-0.3, -0.25) is 0 Å². The molecule has 0 saturated heterocycles. The van der Waals surface area contributed by atoms with E-state index in [1.165, 1.54) is 6.92 Å². The summed E-state index contributed by atoms with van der Waals surface area (Å²) in [5.41, 5.74) is -0.855. The molecule has 0 fully saturated rings. The van der Waals surface area contributed by atoms with E-state index in [1.54, 1.807) is 0 Å². The van der Waals surface area contributed by atoms with E-state index in [9.17, 15) is 26.7 Å². The van der Waals surface area contributed by atoms with Crippen molar-refractivity contribution in [2.75, 3.05) is 6.61 Å². The van der Waals surface area contributed by atoms with Crippen molar-refractivity contribution >= 4 is 5.97 Å². The monoisotopic (exact) mass is 300 g/mol. The fourth-order valence-corrected chi connectivity index (χ4v) is 1.32. The van der Waals surface area contributed by atoms with Gasteiger partial charge in [0.15, 0.2) is 0 Å². The summed E-state index contributed by atoms with van der Waals surface area (Å²) in [5.74, 6) is -3.00. The summed E-state index contributed by atoms with van der Waals surface area (Å²) >= 11 is 0. The summed E-state index contributed by atoms with van der Waals surface area (Å²) < 4.78 is 73.0. The number of hydrogen-bond acceptors (Lipinski definition) is 4. The Balaban J connectivity index is 3.24. The highest BCUT2D eigenvalue weighted by atomic mass is 19.4. The molecule has 1 rings (SSSR count). The number of halogens is 5. The van der Waals surface area contributed by atoms with Crippen LogP contribution in [-0.2, 0) is 4.74 Å². The van der Waals surface area contributed by atoms with Crippen molar-refractivity contribution in [3.8, 4) is 11.5 Å². The summed E-state index contributed by atoms with van der Waals surface area (Å²) in [6, 6.07) is 2.67. The molecule has 0 atom stereocenters. The van der Waals surface area contributed by atoms with Crippen LogP contribution >= 0.6 is 0 Å². The second-order valence-corrected chi connectivity index (χ2v) is 3.28. The third kappa shape index (κ3) is 4.56. The van der Waals surface area contributed by atoms with Crippen molar-refractivity contribution in [3.63, 3.8) is 0 Å². The molecule has 0 spiro atoms. The smallest absolute Gasteiger partial charge is 0.462 e. The van der Waals surface area contributed by atoms with Crippen molar-refractivity contribution in [2.45, 2.75) is 19.9 Å². The van der Waals surface area contributed by atoms with Gasteiger partial charge in [0.2, 0.25) is 0 Å². The Labute approximate surface area is 110 Å². The van der Waals surface area contributed by atoms with E-state index in [0.717, 1.165) is 18.2 Å². The van der Waals surface area contributed by atoms with Crippen LogP contribution < -0.4 is 9.47 Å². The lowest BCUT2D eigenvalue weighted by Gasteiger charge is -2.15. The minimum absolute atomic E-state index is 0.159. The standard InChI is InChI=1S/C11H9F5O4/c1-2-18-9(17)8-6(19-10(12)13)4-3-5-7(8)20-11(14,15)16/h3-5,10H,2H2,1H3. The molecule has 9 heteroatoms.